The van der Waals surface area contributed by atoms with E-state index in [0.717, 1.165) is 0 Å². The van der Waals surface area contributed by atoms with E-state index in [9.17, 15) is 0 Å². The Bertz CT molecular complexity index is 7.61. The number of halogens is 4. The molecule has 0 heterocycles. The lowest BCUT2D eigenvalue weighted by atomic mass is 12.0. The summed E-state index contributed by atoms with van der Waals surface area (Å²) >= 11 is 0. The van der Waals surface area contributed by atoms with Crippen LogP contribution in [0.1, 0.15) is 7.43 Å². The summed E-state index contributed by atoms with van der Waals surface area (Å²) in [6.45, 7) is 0. The maximum atomic E-state index is 0. The largest absolute Gasteiger partial charge is 0.269 e. The molecule has 0 amide bonds. The first kappa shape index (κ1) is 554. The van der Waals surface area contributed by atoms with Gasteiger partial charge in [0.1, 0.15) is 0 Å². The van der Waals surface area contributed by atoms with Crippen LogP contribution in [0.15, 0.2) is 0 Å². The molecule has 0 rings (SSSR count). The zero-order valence-corrected chi connectivity index (χ0v) is 3.27. The Hall–Kier alpha value is 0.440. The molecule has 0 saturated carbocycles. The molecule has 5 heavy (non-hydrogen) atoms. The molecular weight excluding hydrogens is 121 g/mol. The second kappa shape index (κ2) is 271. The maximum Gasteiger partial charge on any atom is -0.0776 e. The normalized spacial score (nSPS) is 0. The molecule has 0 N–H and O–H groups in total. The standard InChI is InChI=1S/CH4.2ClH.2FH/h1H4;4*1H. The van der Waals surface area contributed by atoms with Gasteiger partial charge < -0.3 is 0 Å². The third kappa shape index (κ3) is 137. The lowest BCUT2D eigenvalue weighted by Gasteiger charge is -0.270. The highest BCUT2D eigenvalue weighted by atomic mass is 35.5. The second-order valence-electron chi connectivity index (χ2n) is 0. The van der Waals surface area contributed by atoms with E-state index in [1.807, 2.05) is 0 Å². The Labute approximate surface area is 42.5 Å². The predicted octanol–water partition coefficient (Wildman–Crippen LogP) is 1.78. The average Bonchev–Trinajstić information content (AvgIpc) is 0. The third-order valence-electron chi connectivity index (χ3n) is 0. The van der Waals surface area contributed by atoms with E-state index >= 15 is 0 Å². The van der Waals surface area contributed by atoms with E-state index < -0.39 is 0 Å². The fourth-order valence-corrected chi connectivity index (χ4v) is 0. The Kier molecular flexibility index (Phi) is 30100. The minimum absolute atomic E-state index is 0. The van der Waals surface area contributed by atoms with Crippen molar-refractivity contribution in [2.24, 2.45) is 0 Å². The number of hydrogen-bond acceptors (Lipinski definition) is 0. The molecule has 0 unspecified atom stereocenters. The van der Waals surface area contributed by atoms with Crippen molar-refractivity contribution in [3.8, 4) is 0 Å². The molecule has 40 valence electrons. The molecule has 0 bridgehead atoms. The van der Waals surface area contributed by atoms with Crippen LogP contribution >= 0.6 is 24.8 Å². The minimum atomic E-state index is 0. The van der Waals surface area contributed by atoms with Gasteiger partial charge in [0, 0.05) is 0 Å². The highest BCUT2D eigenvalue weighted by Gasteiger charge is -0.0775. The maximum absolute atomic E-state index is 0. The summed E-state index contributed by atoms with van der Waals surface area (Å²) in [5.74, 6) is 0. The Morgan fingerprint density at radius 2 is 0.600 bits per heavy atom. The van der Waals surface area contributed by atoms with Crippen molar-refractivity contribution in [1.29, 1.82) is 0 Å². The van der Waals surface area contributed by atoms with Gasteiger partial charge >= 0.3 is 0 Å². The van der Waals surface area contributed by atoms with E-state index in [4.69, 9.17) is 0 Å². The lowest BCUT2D eigenvalue weighted by molar-refractivity contribution is 1.11. The molecule has 0 fully saturated rings. The van der Waals surface area contributed by atoms with Crippen LogP contribution in [0.5, 0.6) is 0 Å². The van der Waals surface area contributed by atoms with Crippen LogP contribution in [0.4, 0.5) is 9.41 Å². The fourth-order valence-electron chi connectivity index (χ4n) is 0. The van der Waals surface area contributed by atoms with Crippen LogP contribution in [0.2, 0.25) is 0 Å². The molecule has 0 radical (unpaired) electrons. The highest BCUT2D eigenvalue weighted by molar-refractivity contribution is 5.85. The van der Waals surface area contributed by atoms with E-state index in [1.165, 1.54) is 0 Å². The Balaban J connectivity index is 0. The molecule has 0 aromatic carbocycles. The van der Waals surface area contributed by atoms with Crippen molar-refractivity contribution in [2.45, 2.75) is 7.43 Å². The van der Waals surface area contributed by atoms with Gasteiger partial charge in [-0.25, -0.2) is 0 Å². The van der Waals surface area contributed by atoms with Crippen molar-refractivity contribution < 1.29 is 9.41 Å². The minimum Gasteiger partial charge on any atom is -0.269 e. The van der Waals surface area contributed by atoms with Gasteiger partial charge in [-0.1, -0.05) is 7.43 Å². The molecule has 0 aliphatic heterocycles. The topological polar surface area (TPSA) is 0 Å². The Morgan fingerprint density at radius 1 is 0.600 bits per heavy atom. The van der Waals surface area contributed by atoms with Gasteiger partial charge in [0.05, 0.1) is 0 Å². The van der Waals surface area contributed by atoms with Gasteiger partial charge in [0.15, 0.2) is 0 Å². The van der Waals surface area contributed by atoms with E-state index in [2.05, 4.69) is 0 Å². The zero-order chi connectivity index (χ0) is 0. The summed E-state index contributed by atoms with van der Waals surface area (Å²) in [5, 5.41) is 0. The summed E-state index contributed by atoms with van der Waals surface area (Å²) in [6.07, 6.45) is 0. The molecule has 0 atom stereocenters. The molecule has 0 aromatic heterocycles. The van der Waals surface area contributed by atoms with Crippen molar-refractivity contribution in [3.63, 3.8) is 0 Å². The molecule has 0 nitrogen and oxygen atoms in total. The lowest BCUT2D eigenvalue weighted by Crippen LogP contribution is 0.144. The fraction of sp³-hybridized carbons (Fsp3) is 1.00. The third-order valence-corrected chi connectivity index (χ3v) is 0. The van der Waals surface area contributed by atoms with E-state index in [0.29, 0.717) is 0 Å². The number of hydrogen-bond donors (Lipinski definition) is 0. The van der Waals surface area contributed by atoms with Crippen LogP contribution in [-0.4, -0.2) is 0 Å². The van der Waals surface area contributed by atoms with Crippen LogP contribution in [0.25, 0.3) is 0 Å². The molecular formula is CH8Cl2F2. The van der Waals surface area contributed by atoms with Crippen molar-refractivity contribution in [3.05, 3.63) is 0 Å². The SMILES string of the molecule is C.Cl.Cl.F.F. The summed E-state index contributed by atoms with van der Waals surface area (Å²) in [6, 6.07) is 0. The van der Waals surface area contributed by atoms with Crippen LogP contribution in [0.3, 0.4) is 0 Å². The first-order valence-electron chi connectivity index (χ1n) is 0. The average molecular weight is 129 g/mol. The van der Waals surface area contributed by atoms with Crippen molar-refractivity contribution in [1.82, 2.24) is 0 Å². The first-order valence-corrected chi connectivity index (χ1v) is 0. The quantitative estimate of drug-likeness (QED) is 0.467. The molecule has 0 spiro atoms. The summed E-state index contributed by atoms with van der Waals surface area (Å²) < 4.78 is 0. The van der Waals surface area contributed by atoms with E-state index in [-0.39, 0.29) is 41.6 Å². The first-order chi connectivity index (χ1) is 0. The van der Waals surface area contributed by atoms with Gasteiger partial charge in [0.2, 0.25) is 0 Å². The molecule has 0 aliphatic carbocycles. The van der Waals surface area contributed by atoms with Gasteiger partial charge in [-0.3, -0.25) is 9.41 Å². The zero-order valence-electron chi connectivity index (χ0n) is 1.63. The van der Waals surface area contributed by atoms with Crippen molar-refractivity contribution >= 4 is 24.8 Å². The molecule has 4 heteroatoms. The second-order valence-corrected chi connectivity index (χ2v) is 0. The monoisotopic (exact) mass is 128 g/mol. The summed E-state index contributed by atoms with van der Waals surface area (Å²) in [7, 11) is 0. The Morgan fingerprint density at radius 3 is 0.600 bits per heavy atom. The number of rotatable bonds is 0. The highest BCUT2D eigenvalue weighted by Crippen LogP contribution is 0.691. The van der Waals surface area contributed by atoms with Gasteiger partial charge in [-0.2, -0.15) is 0 Å². The summed E-state index contributed by atoms with van der Waals surface area (Å²) in [4.78, 5) is 0. The van der Waals surface area contributed by atoms with Crippen LogP contribution in [-0.2, 0) is 0 Å². The molecule has 0 aromatic rings. The van der Waals surface area contributed by atoms with Crippen molar-refractivity contribution in [2.75, 3.05) is 0 Å². The van der Waals surface area contributed by atoms with Crippen LogP contribution in [0, 0.1) is 0 Å². The molecule has 0 saturated heterocycles. The van der Waals surface area contributed by atoms with Crippen LogP contribution < -0.4 is 0 Å². The van der Waals surface area contributed by atoms with Gasteiger partial charge in [-0.15, -0.1) is 24.8 Å². The van der Waals surface area contributed by atoms with E-state index in [1.54, 1.807) is 0 Å². The smallest absolute Gasteiger partial charge is 0.0776 e. The summed E-state index contributed by atoms with van der Waals surface area (Å²) in [5.41, 5.74) is 0. The predicted molar refractivity (Wildman–Crippen MR) is 26.2 cm³/mol. The van der Waals surface area contributed by atoms with Gasteiger partial charge in [-0.05, 0) is 0 Å². The van der Waals surface area contributed by atoms with Gasteiger partial charge in [0.25, 0.3) is 0 Å². The molecule has 0 aliphatic rings.